The summed E-state index contributed by atoms with van der Waals surface area (Å²) in [5.74, 6) is 0. The van der Waals surface area contributed by atoms with Gasteiger partial charge in [0.1, 0.15) is 0 Å². The van der Waals surface area contributed by atoms with Crippen LogP contribution in [0, 0.1) is 0 Å². The fraction of sp³-hybridized carbons (Fsp3) is 0.556. The Morgan fingerprint density at radius 2 is 1.24 bits per heavy atom. The van der Waals surface area contributed by atoms with Gasteiger partial charge in [-0.1, -0.05) is 0 Å². The second kappa shape index (κ2) is 12.3. The van der Waals surface area contributed by atoms with Crippen LogP contribution in [0.4, 0.5) is 0 Å². The van der Waals surface area contributed by atoms with Crippen LogP contribution in [0.2, 0.25) is 0 Å². The molecule has 0 heterocycles. The van der Waals surface area contributed by atoms with Crippen molar-refractivity contribution >= 4 is 34.0 Å². The Morgan fingerprint density at radius 1 is 0.810 bits per heavy atom. The first kappa shape index (κ1) is 21.8. The molecule has 0 aromatic heterocycles. The van der Waals surface area contributed by atoms with Gasteiger partial charge >= 0.3 is 130 Å². The van der Waals surface area contributed by atoms with Crippen LogP contribution in [0.15, 0.2) is 42.0 Å². The van der Waals surface area contributed by atoms with Crippen molar-refractivity contribution in [2.45, 2.75) is 65.2 Å². The molecule has 21 heavy (non-hydrogen) atoms. The molecule has 0 nitrogen and oxygen atoms in total. The van der Waals surface area contributed by atoms with Gasteiger partial charge in [0.2, 0.25) is 0 Å². The van der Waals surface area contributed by atoms with Crippen LogP contribution < -0.4 is 0 Å². The van der Waals surface area contributed by atoms with Crippen molar-refractivity contribution in [1.29, 1.82) is 0 Å². The van der Waals surface area contributed by atoms with Crippen LogP contribution in [0.5, 0.6) is 0 Å². The molecule has 3 heteroatoms. The standard InChI is InChI=1S/2C9H13.2BrH.Zr/c2*1-2-3-6-9-7-4-5-8-9;;;/h2*4,7H,2-3,5-6H2,1H3;2*1H;. The minimum atomic E-state index is -0.463. The van der Waals surface area contributed by atoms with Crippen molar-refractivity contribution in [3.8, 4) is 0 Å². The fourth-order valence-electron chi connectivity index (χ4n) is 2.75. The van der Waals surface area contributed by atoms with E-state index >= 15 is 0 Å². The quantitative estimate of drug-likeness (QED) is 0.339. The second-order valence-corrected chi connectivity index (χ2v) is 9.13. The molecule has 0 N–H and O–H groups in total. The van der Waals surface area contributed by atoms with E-state index in [0.29, 0.717) is 0 Å². The number of hydrogen-bond acceptors (Lipinski definition) is 0. The third kappa shape index (κ3) is 6.84. The van der Waals surface area contributed by atoms with Gasteiger partial charge < -0.3 is 0 Å². The Hall–Kier alpha value is 0.803. The predicted octanol–water partition coefficient (Wildman–Crippen LogP) is 7.03. The van der Waals surface area contributed by atoms with E-state index in [0.717, 1.165) is 0 Å². The van der Waals surface area contributed by atoms with Crippen LogP contribution in [-0.2, 0) is 23.2 Å². The zero-order valence-electron chi connectivity index (χ0n) is 13.3. The normalized spacial score (nSPS) is 16.3. The van der Waals surface area contributed by atoms with Gasteiger partial charge in [-0.25, -0.2) is 0 Å². The third-order valence-electron chi connectivity index (χ3n) is 3.96. The number of rotatable bonds is 8. The van der Waals surface area contributed by atoms with Gasteiger partial charge in [0.25, 0.3) is 0 Å². The molecule has 2 aliphatic carbocycles. The van der Waals surface area contributed by atoms with Crippen LogP contribution in [-0.4, -0.2) is 0 Å². The van der Waals surface area contributed by atoms with Crippen molar-refractivity contribution in [3.05, 3.63) is 42.0 Å². The second-order valence-electron chi connectivity index (χ2n) is 5.55. The zero-order chi connectivity index (χ0) is 13.5. The van der Waals surface area contributed by atoms with E-state index < -0.39 is 23.2 Å². The predicted molar refractivity (Wildman–Crippen MR) is 101 cm³/mol. The molecule has 0 saturated carbocycles. The molecule has 0 spiro atoms. The molecule has 0 saturated heterocycles. The maximum atomic E-state index is 2.42. The summed E-state index contributed by atoms with van der Waals surface area (Å²) in [6.07, 6.45) is 20.2. The van der Waals surface area contributed by atoms with E-state index in [4.69, 9.17) is 0 Å². The van der Waals surface area contributed by atoms with E-state index in [2.05, 4.69) is 38.2 Å². The van der Waals surface area contributed by atoms with Gasteiger partial charge in [-0.3, -0.25) is 0 Å². The Morgan fingerprint density at radius 3 is 1.62 bits per heavy atom. The van der Waals surface area contributed by atoms with Gasteiger partial charge in [-0.15, -0.1) is 34.0 Å². The van der Waals surface area contributed by atoms with E-state index in [1.54, 1.807) is 11.1 Å². The molecule has 2 rings (SSSR count). The first-order valence-electron chi connectivity index (χ1n) is 7.89. The van der Waals surface area contributed by atoms with Crippen LogP contribution in [0.25, 0.3) is 0 Å². The third-order valence-corrected chi connectivity index (χ3v) is 8.02. The number of allylic oxidation sites excluding steroid dienone is 8. The molecular formula is C18H28Br2Zr. The number of hydrogen-bond donors (Lipinski definition) is 0. The summed E-state index contributed by atoms with van der Waals surface area (Å²) in [4.78, 5) is 0. The van der Waals surface area contributed by atoms with Crippen molar-refractivity contribution in [1.82, 2.24) is 0 Å². The molecule has 0 aliphatic heterocycles. The molecule has 0 atom stereocenters. The molecule has 0 bridgehead atoms. The topological polar surface area (TPSA) is 0 Å². The SMILES string of the molecule is Br.Br.CCCCC1=[C]([Zr][C]2=C(CCCC)C=CC2)CC=C1. The van der Waals surface area contributed by atoms with Crippen LogP contribution in [0.3, 0.4) is 0 Å². The summed E-state index contributed by atoms with van der Waals surface area (Å²) >= 11 is -0.463. The van der Waals surface area contributed by atoms with Crippen molar-refractivity contribution in [3.63, 3.8) is 0 Å². The van der Waals surface area contributed by atoms with E-state index in [-0.39, 0.29) is 34.0 Å². The number of unbranched alkanes of at least 4 members (excludes halogenated alkanes) is 2. The van der Waals surface area contributed by atoms with Crippen LogP contribution in [0.1, 0.15) is 65.2 Å². The Bertz CT molecular complexity index is 390. The fourth-order valence-corrected chi connectivity index (χ4v) is 6.54. The van der Waals surface area contributed by atoms with Gasteiger partial charge in [-0.2, -0.15) is 0 Å². The molecular weight excluding hydrogens is 467 g/mol. The first-order chi connectivity index (χ1) is 9.35. The molecule has 0 fully saturated rings. The summed E-state index contributed by atoms with van der Waals surface area (Å²) in [6.45, 7) is 4.59. The van der Waals surface area contributed by atoms with E-state index in [9.17, 15) is 0 Å². The van der Waals surface area contributed by atoms with E-state index in [1.807, 2.05) is 6.56 Å². The molecule has 0 amide bonds. The van der Waals surface area contributed by atoms with E-state index in [1.165, 1.54) is 51.4 Å². The van der Waals surface area contributed by atoms with Crippen molar-refractivity contribution in [2.75, 3.05) is 0 Å². The average Bonchev–Trinajstić information content (AvgIpc) is 3.04. The van der Waals surface area contributed by atoms with Crippen molar-refractivity contribution in [2.24, 2.45) is 0 Å². The number of halogens is 2. The van der Waals surface area contributed by atoms with Gasteiger partial charge in [-0.05, 0) is 0 Å². The summed E-state index contributed by atoms with van der Waals surface area (Å²) in [7, 11) is 0. The van der Waals surface area contributed by atoms with Gasteiger partial charge in [0.15, 0.2) is 0 Å². The summed E-state index contributed by atoms with van der Waals surface area (Å²) < 4.78 is 3.73. The molecule has 0 aromatic carbocycles. The molecule has 118 valence electrons. The first-order valence-corrected chi connectivity index (χ1v) is 10.3. The monoisotopic (exact) mass is 492 g/mol. The minimum absolute atomic E-state index is 0. The molecule has 0 radical (unpaired) electrons. The zero-order valence-corrected chi connectivity index (χ0v) is 19.2. The summed E-state index contributed by atoms with van der Waals surface area (Å²) in [5.41, 5.74) is 3.42. The van der Waals surface area contributed by atoms with Gasteiger partial charge in [0, 0.05) is 0 Å². The molecule has 0 aromatic rings. The summed E-state index contributed by atoms with van der Waals surface area (Å²) in [5, 5.41) is 0. The van der Waals surface area contributed by atoms with Gasteiger partial charge in [0.05, 0.1) is 0 Å². The summed E-state index contributed by atoms with van der Waals surface area (Å²) in [6, 6.07) is 0. The van der Waals surface area contributed by atoms with Crippen molar-refractivity contribution < 1.29 is 23.2 Å². The van der Waals surface area contributed by atoms with Crippen LogP contribution >= 0.6 is 34.0 Å². The molecule has 0 unspecified atom stereocenters. The Labute approximate surface area is 163 Å². The Kier molecular flexibility index (Phi) is 12.7. The Balaban J connectivity index is 0.00000200. The molecule has 2 aliphatic rings. The maximum absolute atomic E-state index is 2.42. The average molecular weight is 495 g/mol.